The van der Waals surface area contributed by atoms with Crippen molar-refractivity contribution in [2.75, 3.05) is 11.9 Å². The molecule has 0 aliphatic carbocycles. The van der Waals surface area contributed by atoms with Crippen LogP contribution in [-0.4, -0.2) is 18.4 Å². The molecule has 5 heteroatoms. The number of carbonyl (C=O) groups is 2. The lowest BCUT2D eigenvalue weighted by Crippen LogP contribution is -2.22. The Hall–Kier alpha value is -2.66. The van der Waals surface area contributed by atoms with Crippen LogP contribution < -0.4 is 16.0 Å². The highest BCUT2D eigenvalue weighted by atomic mass is 16.2. The first-order valence-electron chi connectivity index (χ1n) is 8.11. The van der Waals surface area contributed by atoms with Crippen LogP contribution in [-0.2, 0) is 13.1 Å². The molecule has 3 rings (SSSR count). The van der Waals surface area contributed by atoms with Crippen LogP contribution >= 0.6 is 0 Å². The number of hydrogen-bond acceptors (Lipinski definition) is 3. The Morgan fingerprint density at radius 2 is 1.71 bits per heavy atom. The minimum Gasteiger partial charge on any atom is -0.352 e. The van der Waals surface area contributed by atoms with Gasteiger partial charge >= 0.3 is 0 Å². The van der Waals surface area contributed by atoms with E-state index < -0.39 is 0 Å². The molecule has 0 atom stereocenters. The van der Waals surface area contributed by atoms with E-state index >= 15 is 0 Å². The monoisotopic (exact) mass is 323 g/mol. The lowest BCUT2D eigenvalue weighted by Gasteiger charge is -2.11. The normalized spacial score (nSPS) is 12.6. The molecule has 5 nitrogen and oxygen atoms in total. The van der Waals surface area contributed by atoms with Gasteiger partial charge in [0.2, 0.25) is 0 Å². The highest BCUT2D eigenvalue weighted by Crippen LogP contribution is 2.20. The maximum absolute atomic E-state index is 12.5. The molecule has 1 aliphatic heterocycles. The zero-order valence-electron chi connectivity index (χ0n) is 13.9. The van der Waals surface area contributed by atoms with Gasteiger partial charge in [-0.15, -0.1) is 0 Å². The first-order valence-corrected chi connectivity index (χ1v) is 8.11. The third-order valence-electron chi connectivity index (χ3n) is 4.17. The Balaban J connectivity index is 1.76. The molecule has 2 amide bonds. The van der Waals surface area contributed by atoms with Crippen LogP contribution in [0.1, 0.15) is 44.3 Å². The lowest BCUT2D eigenvalue weighted by atomic mass is 10.1. The zero-order valence-corrected chi connectivity index (χ0v) is 13.9. The molecule has 0 radical (unpaired) electrons. The molecule has 0 fully saturated rings. The topological polar surface area (TPSA) is 70.2 Å². The van der Waals surface area contributed by atoms with Crippen LogP contribution in [0.15, 0.2) is 36.4 Å². The molecular formula is C19H21N3O2. The number of anilines is 1. The summed E-state index contributed by atoms with van der Waals surface area (Å²) in [7, 11) is 0. The number of fused-ring (bicyclic) bond motifs is 1. The minimum atomic E-state index is -0.140. The van der Waals surface area contributed by atoms with E-state index in [1.54, 1.807) is 18.2 Å². The van der Waals surface area contributed by atoms with E-state index in [0.29, 0.717) is 23.4 Å². The predicted octanol–water partition coefficient (Wildman–Crippen LogP) is 2.60. The van der Waals surface area contributed by atoms with E-state index in [1.807, 2.05) is 32.0 Å². The van der Waals surface area contributed by atoms with E-state index in [-0.39, 0.29) is 11.8 Å². The van der Waals surface area contributed by atoms with Crippen LogP contribution in [0.2, 0.25) is 0 Å². The van der Waals surface area contributed by atoms with Gasteiger partial charge in [-0.2, -0.15) is 0 Å². The first kappa shape index (κ1) is 16.2. The third kappa shape index (κ3) is 3.31. The smallest absolute Gasteiger partial charge is 0.255 e. The average molecular weight is 323 g/mol. The highest BCUT2D eigenvalue weighted by Gasteiger charge is 2.14. The Kier molecular flexibility index (Phi) is 4.62. The SMILES string of the molecule is CCNC(=O)c1ccc(NC(=O)c2ccc3c(c2)CNC3)c(C)c1. The maximum Gasteiger partial charge on any atom is 0.255 e. The first-order chi connectivity index (χ1) is 11.6. The molecule has 0 unspecified atom stereocenters. The quantitative estimate of drug-likeness (QED) is 0.810. The molecular weight excluding hydrogens is 302 g/mol. The lowest BCUT2D eigenvalue weighted by molar-refractivity contribution is 0.0955. The van der Waals surface area contributed by atoms with E-state index in [4.69, 9.17) is 0 Å². The summed E-state index contributed by atoms with van der Waals surface area (Å²) in [4.78, 5) is 24.3. The Morgan fingerprint density at radius 3 is 2.46 bits per heavy atom. The molecule has 3 N–H and O–H groups in total. The molecule has 1 aliphatic rings. The van der Waals surface area contributed by atoms with Gasteiger partial charge in [0.05, 0.1) is 0 Å². The Bertz CT molecular complexity index is 799. The molecule has 0 saturated carbocycles. The number of hydrogen-bond donors (Lipinski definition) is 3. The molecule has 1 heterocycles. The van der Waals surface area contributed by atoms with Crippen molar-refractivity contribution in [1.82, 2.24) is 10.6 Å². The van der Waals surface area contributed by atoms with Gasteiger partial charge in [0.1, 0.15) is 0 Å². The summed E-state index contributed by atoms with van der Waals surface area (Å²) in [6, 6.07) is 11.1. The van der Waals surface area contributed by atoms with Crippen molar-refractivity contribution in [2.24, 2.45) is 0 Å². The van der Waals surface area contributed by atoms with Crippen molar-refractivity contribution in [1.29, 1.82) is 0 Å². The van der Waals surface area contributed by atoms with Gasteiger partial charge < -0.3 is 16.0 Å². The second-order valence-electron chi connectivity index (χ2n) is 5.93. The van der Waals surface area contributed by atoms with Crippen molar-refractivity contribution in [3.8, 4) is 0 Å². The molecule has 0 saturated heterocycles. The van der Waals surface area contributed by atoms with Crippen LogP contribution in [0, 0.1) is 6.92 Å². The van der Waals surface area contributed by atoms with E-state index in [0.717, 1.165) is 18.7 Å². The van der Waals surface area contributed by atoms with Gasteiger partial charge in [-0.1, -0.05) is 6.07 Å². The van der Waals surface area contributed by atoms with E-state index in [9.17, 15) is 9.59 Å². The molecule has 2 aromatic rings. The van der Waals surface area contributed by atoms with Crippen molar-refractivity contribution in [2.45, 2.75) is 26.9 Å². The minimum absolute atomic E-state index is 0.107. The summed E-state index contributed by atoms with van der Waals surface area (Å²) in [5.74, 6) is -0.247. The van der Waals surface area contributed by atoms with Gasteiger partial charge in [0.15, 0.2) is 0 Å². The molecule has 24 heavy (non-hydrogen) atoms. The van der Waals surface area contributed by atoms with Crippen LogP contribution in [0.4, 0.5) is 5.69 Å². The van der Waals surface area contributed by atoms with Crippen molar-refractivity contribution in [3.63, 3.8) is 0 Å². The third-order valence-corrected chi connectivity index (χ3v) is 4.17. The van der Waals surface area contributed by atoms with Gasteiger partial charge in [-0.3, -0.25) is 9.59 Å². The summed E-state index contributed by atoms with van der Waals surface area (Å²) in [6.07, 6.45) is 0. The Morgan fingerprint density at radius 1 is 1.00 bits per heavy atom. The van der Waals surface area contributed by atoms with E-state index in [1.165, 1.54) is 11.1 Å². The number of aryl methyl sites for hydroxylation is 1. The summed E-state index contributed by atoms with van der Waals surface area (Å²) in [5.41, 5.74) is 5.22. The maximum atomic E-state index is 12.5. The molecule has 2 aromatic carbocycles. The van der Waals surface area contributed by atoms with Gasteiger partial charge in [0.25, 0.3) is 11.8 Å². The molecule has 0 aromatic heterocycles. The summed E-state index contributed by atoms with van der Waals surface area (Å²) in [6.45, 7) is 6.01. The zero-order chi connectivity index (χ0) is 17.1. The number of amides is 2. The Labute approximate surface area is 141 Å². The van der Waals surface area contributed by atoms with E-state index in [2.05, 4.69) is 16.0 Å². The van der Waals surface area contributed by atoms with Gasteiger partial charge in [0, 0.05) is 36.4 Å². The highest BCUT2D eigenvalue weighted by molar-refractivity contribution is 6.05. The van der Waals surface area contributed by atoms with Gasteiger partial charge in [-0.25, -0.2) is 0 Å². The summed E-state index contributed by atoms with van der Waals surface area (Å²) >= 11 is 0. The van der Waals surface area contributed by atoms with Crippen LogP contribution in [0.3, 0.4) is 0 Å². The molecule has 124 valence electrons. The average Bonchev–Trinajstić information content (AvgIpc) is 3.04. The fraction of sp³-hybridized carbons (Fsp3) is 0.263. The number of rotatable bonds is 4. The second-order valence-corrected chi connectivity index (χ2v) is 5.93. The summed E-state index contributed by atoms with van der Waals surface area (Å²) in [5, 5.41) is 8.96. The fourth-order valence-electron chi connectivity index (χ4n) is 2.84. The largest absolute Gasteiger partial charge is 0.352 e. The number of carbonyl (C=O) groups excluding carboxylic acids is 2. The van der Waals surface area contributed by atoms with Gasteiger partial charge in [-0.05, 0) is 60.9 Å². The van der Waals surface area contributed by atoms with Crippen molar-refractivity contribution in [3.05, 3.63) is 64.2 Å². The molecule has 0 spiro atoms. The summed E-state index contributed by atoms with van der Waals surface area (Å²) < 4.78 is 0. The second kappa shape index (κ2) is 6.84. The molecule has 0 bridgehead atoms. The number of nitrogens with one attached hydrogen (secondary N) is 3. The van der Waals surface area contributed by atoms with Crippen molar-refractivity contribution < 1.29 is 9.59 Å². The fourth-order valence-corrected chi connectivity index (χ4v) is 2.84. The van der Waals surface area contributed by atoms with Crippen molar-refractivity contribution >= 4 is 17.5 Å². The standard InChI is InChI=1S/C19H21N3O2/c1-3-21-18(23)13-6-7-17(12(2)8-13)22-19(24)14-4-5-15-10-20-11-16(15)9-14/h4-9,20H,3,10-11H2,1-2H3,(H,21,23)(H,22,24). The predicted molar refractivity (Wildman–Crippen MR) is 94.1 cm³/mol. The number of benzene rings is 2. The van der Waals surface area contributed by atoms with Crippen LogP contribution in [0.5, 0.6) is 0 Å². The van der Waals surface area contributed by atoms with Crippen LogP contribution in [0.25, 0.3) is 0 Å².